The average Bonchev–Trinajstić information content (AvgIpc) is 3.07. The highest BCUT2D eigenvalue weighted by Gasteiger charge is 2.04. The first-order valence-corrected chi connectivity index (χ1v) is 10.7. The molecular weight excluding hydrogens is 338 g/mol. The highest BCUT2D eigenvalue weighted by molar-refractivity contribution is 9.09. The Bertz CT molecular complexity index is 674. The van der Waals surface area contributed by atoms with E-state index in [1.165, 1.54) is 4.88 Å². The van der Waals surface area contributed by atoms with Crippen molar-refractivity contribution < 1.29 is 0 Å². The topological polar surface area (TPSA) is 38.7 Å². The van der Waals surface area contributed by atoms with Crippen LogP contribution in [0.3, 0.4) is 0 Å². The second kappa shape index (κ2) is 7.84. The molecule has 0 unspecified atom stereocenters. The van der Waals surface area contributed by atoms with Gasteiger partial charge in [-0.1, -0.05) is 22.9 Å². The Morgan fingerprint density at radius 3 is 2.81 bits per heavy atom. The smallest absolute Gasteiger partial charge is 0.199 e. The second-order valence-corrected chi connectivity index (χ2v) is 8.92. The molecule has 3 aromatic heterocycles. The number of aromatic nitrogens is 3. The number of pyridine rings is 1. The summed E-state index contributed by atoms with van der Waals surface area (Å²) in [6, 6.07) is 12.0. The van der Waals surface area contributed by atoms with Gasteiger partial charge in [-0.25, -0.2) is 9.97 Å². The summed E-state index contributed by atoms with van der Waals surface area (Å²) >= 11 is 1.69. The predicted octanol–water partition coefficient (Wildman–Crippen LogP) is 5.19. The zero-order chi connectivity index (χ0) is 14.3. The molecule has 0 amide bonds. The molecule has 0 spiro atoms. The average molecular weight is 350 g/mol. The lowest BCUT2D eigenvalue weighted by molar-refractivity contribution is 0.981. The van der Waals surface area contributed by atoms with E-state index < -0.39 is 0 Å². The molecule has 7 heteroatoms. The molecule has 0 atom stereocenters. The lowest BCUT2D eigenvalue weighted by Crippen LogP contribution is -1.86. The van der Waals surface area contributed by atoms with Crippen LogP contribution in [0.5, 0.6) is 0 Å². The SMILES string of the molecule is c1ccc(CSSSc2nccc(-c3cccs3)n2)nc1. The van der Waals surface area contributed by atoms with Gasteiger partial charge in [0.2, 0.25) is 0 Å². The number of nitrogens with zero attached hydrogens (tertiary/aromatic N) is 3. The Hall–Kier alpha value is -1.02. The van der Waals surface area contributed by atoms with Crippen LogP contribution >= 0.6 is 42.8 Å². The quantitative estimate of drug-likeness (QED) is 0.346. The molecule has 0 saturated heterocycles. The minimum absolute atomic E-state index is 0.791. The van der Waals surface area contributed by atoms with E-state index >= 15 is 0 Å². The highest BCUT2D eigenvalue weighted by Crippen LogP contribution is 2.40. The van der Waals surface area contributed by atoms with Crippen molar-refractivity contribution in [3.63, 3.8) is 0 Å². The first kappa shape index (κ1) is 14.9. The zero-order valence-corrected chi connectivity index (χ0v) is 14.1. The molecule has 0 fully saturated rings. The largest absolute Gasteiger partial charge is 0.260 e. The standard InChI is InChI=1S/C14H11N3S4/c1-2-7-15-11(4-1)10-19-21-20-14-16-8-6-12(17-14)13-5-3-9-18-13/h1-9H,10H2. The van der Waals surface area contributed by atoms with E-state index in [0.717, 1.165) is 22.3 Å². The summed E-state index contributed by atoms with van der Waals surface area (Å²) in [6.07, 6.45) is 3.63. The Balaban J connectivity index is 1.53. The van der Waals surface area contributed by atoms with Gasteiger partial charge in [0.05, 0.1) is 16.3 Å². The Kier molecular flexibility index (Phi) is 5.56. The first-order chi connectivity index (χ1) is 10.4. The van der Waals surface area contributed by atoms with Gasteiger partial charge in [0, 0.05) is 18.1 Å². The van der Waals surface area contributed by atoms with Crippen LogP contribution in [0.1, 0.15) is 5.69 Å². The van der Waals surface area contributed by atoms with E-state index in [4.69, 9.17) is 0 Å². The highest BCUT2D eigenvalue weighted by atomic mass is 33.5. The summed E-state index contributed by atoms with van der Waals surface area (Å²) in [5.41, 5.74) is 2.07. The van der Waals surface area contributed by atoms with Crippen molar-refractivity contribution in [2.24, 2.45) is 0 Å². The van der Waals surface area contributed by atoms with Crippen molar-refractivity contribution in [2.75, 3.05) is 0 Å². The molecule has 0 N–H and O–H groups in total. The first-order valence-electron chi connectivity index (χ1n) is 6.15. The fourth-order valence-electron chi connectivity index (χ4n) is 1.56. The molecular formula is C14H11N3S4. The van der Waals surface area contributed by atoms with Gasteiger partial charge in [-0.3, -0.25) is 4.98 Å². The minimum atomic E-state index is 0.791. The van der Waals surface area contributed by atoms with Gasteiger partial charge >= 0.3 is 0 Å². The van der Waals surface area contributed by atoms with Gasteiger partial charge in [0.15, 0.2) is 5.16 Å². The second-order valence-electron chi connectivity index (χ2n) is 3.94. The summed E-state index contributed by atoms with van der Waals surface area (Å²) in [7, 11) is 5.01. The number of hydrogen-bond acceptors (Lipinski definition) is 7. The lowest BCUT2D eigenvalue weighted by Gasteiger charge is -2.01. The van der Waals surface area contributed by atoms with Crippen LogP contribution in [0.15, 0.2) is 59.3 Å². The molecule has 21 heavy (non-hydrogen) atoms. The molecule has 0 saturated carbocycles. The van der Waals surface area contributed by atoms with Crippen molar-refractivity contribution in [3.05, 3.63) is 59.9 Å². The van der Waals surface area contributed by atoms with Gasteiger partial charge < -0.3 is 0 Å². The number of rotatable bonds is 6. The van der Waals surface area contributed by atoms with Crippen LogP contribution in [0.2, 0.25) is 0 Å². The predicted molar refractivity (Wildman–Crippen MR) is 94.3 cm³/mol. The third-order valence-corrected chi connectivity index (χ3v) is 7.08. The van der Waals surface area contributed by atoms with Crippen molar-refractivity contribution >= 4 is 42.8 Å². The van der Waals surface area contributed by atoms with E-state index in [9.17, 15) is 0 Å². The molecule has 0 bridgehead atoms. The maximum atomic E-state index is 4.57. The Labute approximate surface area is 138 Å². The van der Waals surface area contributed by atoms with Gasteiger partial charge in [0.25, 0.3) is 0 Å². The molecule has 3 rings (SSSR count). The van der Waals surface area contributed by atoms with Crippen molar-refractivity contribution in [3.8, 4) is 10.6 Å². The van der Waals surface area contributed by atoms with Crippen LogP contribution in [-0.4, -0.2) is 15.0 Å². The third kappa shape index (κ3) is 4.47. The third-order valence-electron chi connectivity index (χ3n) is 2.50. The van der Waals surface area contributed by atoms with Crippen LogP contribution in [-0.2, 0) is 5.75 Å². The summed E-state index contributed by atoms with van der Waals surface area (Å²) < 4.78 is 0. The van der Waals surface area contributed by atoms with Gasteiger partial charge in [-0.2, -0.15) is 0 Å². The lowest BCUT2D eigenvalue weighted by atomic mass is 10.3. The van der Waals surface area contributed by atoms with E-state index in [1.54, 1.807) is 42.8 Å². The van der Waals surface area contributed by atoms with Gasteiger partial charge in [-0.05, 0) is 50.3 Å². The summed E-state index contributed by atoms with van der Waals surface area (Å²) in [6.45, 7) is 0. The molecule has 0 aromatic carbocycles. The van der Waals surface area contributed by atoms with Crippen LogP contribution in [0.4, 0.5) is 0 Å². The molecule has 3 aromatic rings. The minimum Gasteiger partial charge on any atom is -0.260 e. The number of thiophene rings is 1. The van der Waals surface area contributed by atoms with E-state index in [-0.39, 0.29) is 0 Å². The fraction of sp³-hybridized carbons (Fsp3) is 0.0714. The molecule has 3 heterocycles. The normalized spacial score (nSPS) is 10.7. The molecule has 0 aliphatic rings. The summed E-state index contributed by atoms with van der Waals surface area (Å²) in [5.74, 6) is 0.878. The molecule has 3 nitrogen and oxygen atoms in total. The van der Waals surface area contributed by atoms with Crippen molar-refractivity contribution in [1.29, 1.82) is 0 Å². The Morgan fingerprint density at radius 2 is 2.00 bits per heavy atom. The number of hydrogen-bond donors (Lipinski definition) is 0. The Morgan fingerprint density at radius 1 is 1.00 bits per heavy atom. The van der Waals surface area contributed by atoms with Gasteiger partial charge in [-0.15, -0.1) is 11.3 Å². The maximum absolute atomic E-state index is 4.57. The summed E-state index contributed by atoms with van der Waals surface area (Å²) in [4.78, 5) is 14.3. The maximum Gasteiger partial charge on any atom is 0.199 e. The zero-order valence-electron chi connectivity index (χ0n) is 10.9. The van der Waals surface area contributed by atoms with Gasteiger partial charge in [0.1, 0.15) is 0 Å². The molecule has 0 radical (unpaired) electrons. The van der Waals surface area contributed by atoms with Crippen LogP contribution in [0, 0.1) is 0 Å². The van der Waals surface area contributed by atoms with Crippen molar-refractivity contribution in [1.82, 2.24) is 15.0 Å². The van der Waals surface area contributed by atoms with E-state index in [1.807, 2.05) is 42.7 Å². The van der Waals surface area contributed by atoms with Crippen LogP contribution < -0.4 is 0 Å². The monoisotopic (exact) mass is 349 g/mol. The van der Waals surface area contributed by atoms with E-state index in [0.29, 0.717) is 0 Å². The summed E-state index contributed by atoms with van der Waals surface area (Å²) in [5, 5.41) is 2.85. The van der Waals surface area contributed by atoms with Crippen molar-refractivity contribution in [2.45, 2.75) is 10.9 Å². The van der Waals surface area contributed by atoms with Crippen LogP contribution in [0.25, 0.3) is 10.6 Å². The van der Waals surface area contributed by atoms with E-state index in [2.05, 4.69) is 26.4 Å². The molecule has 106 valence electrons. The fourth-order valence-corrected chi connectivity index (χ4v) is 5.44. The molecule has 0 aliphatic carbocycles. The molecule has 0 aliphatic heterocycles.